The van der Waals surface area contributed by atoms with Gasteiger partial charge >= 0.3 is 5.97 Å². The number of nitrogens with one attached hydrogen (secondary N) is 1. The molecule has 43 heavy (non-hydrogen) atoms. The number of ether oxygens (including phenoxy) is 1. The lowest BCUT2D eigenvalue weighted by Gasteiger charge is -2.23. The molecule has 4 aromatic rings. The van der Waals surface area contributed by atoms with Gasteiger partial charge in [0.1, 0.15) is 11.8 Å². The van der Waals surface area contributed by atoms with E-state index in [0.29, 0.717) is 55.1 Å². The van der Waals surface area contributed by atoms with Crippen LogP contribution in [0.3, 0.4) is 0 Å². The number of para-hydroxylation sites is 1. The van der Waals surface area contributed by atoms with E-state index in [0.717, 1.165) is 17.5 Å². The highest BCUT2D eigenvalue weighted by Crippen LogP contribution is 2.22. The quantitative estimate of drug-likeness (QED) is 0.115. The third-order valence-electron chi connectivity index (χ3n) is 7.07. The summed E-state index contributed by atoms with van der Waals surface area (Å²) in [6, 6.07) is 32.3. The van der Waals surface area contributed by atoms with Gasteiger partial charge in [0.05, 0.1) is 6.61 Å². The zero-order chi connectivity index (χ0) is 30.4. The molecule has 2 N–H and O–H groups in total. The van der Waals surface area contributed by atoms with Crippen LogP contribution in [0.15, 0.2) is 109 Å². The highest BCUT2D eigenvalue weighted by atomic mass is 16.5. The minimum atomic E-state index is -1.01. The van der Waals surface area contributed by atoms with Gasteiger partial charge in [-0.25, -0.2) is 4.79 Å². The summed E-state index contributed by atoms with van der Waals surface area (Å²) in [5, 5.41) is 13.0. The van der Waals surface area contributed by atoms with E-state index in [1.807, 2.05) is 72.5 Å². The number of amides is 1. The second-order valence-electron chi connectivity index (χ2n) is 10.4. The summed E-state index contributed by atoms with van der Waals surface area (Å²) < 4.78 is 5.93. The molecule has 7 heteroatoms. The van der Waals surface area contributed by atoms with Crippen LogP contribution in [0.4, 0.5) is 5.69 Å². The number of hydrogen-bond acceptors (Lipinski definition) is 5. The van der Waals surface area contributed by atoms with Crippen molar-refractivity contribution in [3.05, 3.63) is 131 Å². The van der Waals surface area contributed by atoms with E-state index in [1.54, 1.807) is 48.5 Å². The van der Waals surface area contributed by atoms with Crippen LogP contribution in [-0.4, -0.2) is 46.9 Å². The van der Waals surface area contributed by atoms with Crippen LogP contribution in [-0.2, 0) is 22.6 Å². The van der Waals surface area contributed by atoms with Crippen LogP contribution in [0.5, 0.6) is 5.75 Å². The number of carbonyl (C=O) groups excluding carboxylic acids is 2. The molecule has 0 fully saturated rings. The topological polar surface area (TPSA) is 95.9 Å². The molecule has 0 radical (unpaired) electrons. The highest BCUT2D eigenvalue weighted by Gasteiger charge is 2.21. The number of carboxylic acid groups (broad SMARTS) is 1. The standard InChI is InChI=1S/C36H38N2O5/c1-2-12-34(39)38(26-28-13-5-3-6-14-28)23-11-24-43-30-21-19-27(20-22-30)25-33(36(41)42)37-32-18-10-9-17-31(32)35(40)29-15-7-4-8-16-29/h3-10,13-22,33,37H,2,11-12,23-26H2,1H3,(H,41,42)/t33-/m0/s1. The van der Waals surface area contributed by atoms with E-state index >= 15 is 0 Å². The average Bonchev–Trinajstić information content (AvgIpc) is 3.03. The van der Waals surface area contributed by atoms with Crippen molar-refractivity contribution in [1.29, 1.82) is 0 Å². The highest BCUT2D eigenvalue weighted by molar-refractivity contribution is 6.12. The third-order valence-corrected chi connectivity index (χ3v) is 7.07. The third kappa shape index (κ3) is 9.30. The summed E-state index contributed by atoms with van der Waals surface area (Å²) in [7, 11) is 0. The molecule has 0 heterocycles. The Morgan fingerprint density at radius 2 is 1.47 bits per heavy atom. The Labute approximate surface area is 253 Å². The van der Waals surface area contributed by atoms with Crippen LogP contribution in [0.1, 0.15) is 53.2 Å². The first kappa shape index (κ1) is 31.0. The van der Waals surface area contributed by atoms with Gasteiger partial charge < -0.3 is 20.1 Å². The molecule has 4 rings (SSSR count). The molecule has 7 nitrogen and oxygen atoms in total. The molecule has 0 aliphatic rings. The molecule has 4 aromatic carbocycles. The number of carboxylic acids is 1. The van der Waals surface area contributed by atoms with Gasteiger partial charge in [0.15, 0.2) is 5.78 Å². The van der Waals surface area contributed by atoms with Gasteiger partial charge in [0.2, 0.25) is 5.91 Å². The van der Waals surface area contributed by atoms with E-state index in [1.165, 1.54) is 0 Å². The lowest BCUT2D eigenvalue weighted by atomic mass is 10.00. The molecular weight excluding hydrogens is 540 g/mol. The van der Waals surface area contributed by atoms with Crippen molar-refractivity contribution >= 4 is 23.3 Å². The van der Waals surface area contributed by atoms with Crippen molar-refractivity contribution in [3.63, 3.8) is 0 Å². The summed E-state index contributed by atoms with van der Waals surface area (Å²) in [6.45, 7) is 3.64. The van der Waals surface area contributed by atoms with Gasteiger partial charge in [-0.1, -0.05) is 91.9 Å². The summed E-state index contributed by atoms with van der Waals surface area (Å²) in [5.74, 6) is -0.367. The predicted octanol–water partition coefficient (Wildman–Crippen LogP) is 6.62. The van der Waals surface area contributed by atoms with E-state index in [4.69, 9.17) is 4.74 Å². The van der Waals surface area contributed by atoms with Crippen LogP contribution < -0.4 is 10.1 Å². The number of rotatable bonds is 16. The maximum absolute atomic E-state index is 13.1. The number of hydrogen-bond donors (Lipinski definition) is 2. The Morgan fingerprint density at radius 1 is 0.814 bits per heavy atom. The molecule has 0 aliphatic carbocycles. The fourth-order valence-corrected chi connectivity index (χ4v) is 4.81. The van der Waals surface area contributed by atoms with Gasteiger partial charge in [0.25, 0.3) is 0 Å². The Kier molecular flexibility index (Phi) is 11.5. The number of anilines is 1. The summed E-state index contributed by atoms with van der Waals surface area (Å²) >= 11 is 0. The number of nitrogens with zero attached hydrogens (tertiary/aromatic N) is 1. The second kappa shape index (κ2) is 15.9. The van der Waals surface area contributed by atoms with Gasteiger partial charge in [-0.15, -0.1) is 0 Å². The maximum atomic E-state index is 13.1. The summed E-state index contributed by atoms with van der Waals surface area (Å²) in [5.41, 5.74) is 3.35. The lowest BCUT2D eigenvalue weighted by molar-refractivity contribution is -0.138. The number of aliphatic carboxylic acids is 1. The largest absolute Gasteiger partial charge is 0.494 e. The molecule has 0 spiro atoms. The number of ketones is 1. The molecule has 0 aromatic heterocycles. The van der Waals surface area contributed by atoms with Crippen LogP contribution in [0.2, 0.25) is 0 Å². The minimum absolute atomic E-state index is 0.143. The van der Waals surface area contributed by atoms with Gasteiger partial charge in [-0.2, -0.15) is 0 Å². The predicted molar refractivity (Wildman–Crippen MR) is 168 cm³/mol. The molecular formula is C36H38N2O5. The van der Waals surface area contributed by atoms with Crippen molar-refractivity contribution in [2.45, 2.75) is 45.2 Å². The normalized spacial score (nSPS) is 11.4. The SMILES string of the molecule is CCCC(=O)N(CCCOc1ccc(C[C@H](Nc2ccccc2C(=O)c2ccccc2)C(=O)O)cc1)Cc1ccccc1. The zero-order valence-corrected chi connectivity index (χ0v) is 24.4. The Hall–Kier alpha value is -4.91. The summed E-state index contributed by atoms with van der Waals surface area (Å²) in [4.78, 5) is 39.8. The van der Waals surface area contributed by atoms with Crippen molar-refractivity contribution < 1.29 is 24.2 Å². The molecule has 0 saturated carbocycles. The monoisotopic (exact) mass is 578 g/mol. The van der Waals surface area contributed by atoms with Crippen LogP contribution >= 0.6 is 0 Å². The maximum Gasteiger partial charge on any atom is 0.326 e. The molecule has 0 unspecified atom stereocenters. The number of benzene rings is 4. The minimum Gasteiger partial charge on any atom is -0.494 e. The van der Waals surface area contributed by atoms with Crippen LogP contribution in [0, 0.1) is 0 Å². The van der Waals surface area contributed by atoms with E-state index in [9.17, 15) is 19.5 Å². The Balaban J connectivity index is 1.32. The van der Waals surface area contributed by atoms with Gasteiger partial charge in [-0.3, -0.25) is 9.59 Å². The smallest absolute Gasteiger partial charge is 0.326 e. The fourth-order valence-electron chi connectivity index (χ4n) is 4.81. The van der Waals surface area contributed by atoms with Crippen molar-refractivity contribution in [2.75, 3.05) is 18.5 Å². The molecule has 1 amide bonds. The first-order valence-electron chi connectivity index (χ1n) is 14.7. The Bertz CT molecular complexity index is 1470. The molecule has 0 saturated heterocycles. The first-order valence-corrected chi connectivity index (χ1v) is 14.7. The Morgan fingerprint density at radius 3 is 2.14 bits per heavy atom. The molecule has 222 valence electrons. The van der Waals surface area contributed by atoms with E-state index in [2.05, 4.69) is 5.32 Å². The number of carbonyl (C=O) groups is 3. The van der Waals surface area contributed by atoms with Crippen LogP contribution in [0.25, 0.3) is 0 Å². The van der Waals surface area contributed by atoms with Gasteiger partial charge in [-0.05, 0) is 48.2 Å². The van der Waals surface area contributed by atoms with Crippen molar-refractivity contribution in [3.8, 4) is 5.75 Å². The molecule has 0 bridgehead atoms. The van der Waals surface area contributed by atoms with E-state index < -0.39 is 12.0 Å². The van der Waals surface area contributed by atoms with Gasteiger partial charge in [0, 0.05) is 42.7 Å². The average molecular weight is 579 g/mol. The lowest BCUT2D eigenvalue weighted by Crippen LogP contribution is -2.32. The molecule has 0 aliphatic heterocycles. The second-order valence-corrected chi connectivity index (χ2v) is 10.4. The summed E-state index contributed by atoms with van der Waals surface area (Å²) in [6.07, 6.45) is 2.24. The zero-order valence-electron chi connectivity index (χ0n) is 24.4. The first-order chi connectivity index (χ1) is 20.9. The van der Waals surface area contributed by atoms with E-state index in [-0.39, 0.29) is 18.1 Å². The van der Waals surface area contributed by atoms with Crippen molar-refractivity contribution in [2.24, 2.45) is 0 Å². The fraction of sp³-hybridized carbons (Fsp3) is 0.250. The molecule has 1 atom stereocenters. The van der Waals surface area contributed by atoms with Crippen molar-refractivity contribution in [1.82, 2.24) is 4.90 Å².